The first-order valence-electron chi connectivity index (χ1n) is 8.39. The van der Waals surface area contributed by atoms with Gasteiger partial charge in [0.2, 0.25) is 0 Å². The number of carbonyl (C=O) groups excluding carboxylic acids is 2. The highest BCUT2D eigenvalue weighted by Gasteiger charge is 2.23. The van der Waals surface area contributed by atoms with E-state index in [-0.39, 0.29) is 22.1 Å². The van der Waals surface area contributed by atoms with Crippen molar-refractivity contribution in [3.63, 3.8) is 0 Å². The number of hydrogen-bond acceptors (Lipinski definition) is 5. The predicted octanol–water partition coefficient (Wildman–Crippen LogP) is 3.67. The van der Waals surface area contributed by atoms with Crippen molar-refractivity contribution in [2.24, 2.45) is 0 Å². The molecule has 0 spiro atoms. The van der Waals surface area contributed by atoms with Gasteiger partial charge in [-0.15, -0.1) is 0 Å². The van der Waals surface area contributed by atoms with E-state index in [1.54, 1.807) is 12.3 Å². The average Bonchev–Trinajstić information content (AvgIpc) is 2.75. The summed E-state index contributed by atoms with van der Waals surface area (Å²) in [5, 5.41) is 9.10. The zero-order valence-corrected chi connectivity index (χ0v) is 15.3. The van der Waals surface area contributed by atoms with Crippen LogP contribution in [0.3, 0.4) is 0 Å². The van der Waals surface area contributed by atoms with Gasteiger partial charge in [0.1, 0.15) is 17.1 Å². The van der Waals surface area contributed by atoms with Crippen LogP contribution >= 0.6 is 15.9 Å². The molecule has 0 aliphatic heterocycles. The van der Waals surface area contributed by atoms with E-state index < -0.39 is 0 Å². The van der Waals surface area contributed by atoms with Gasteiger partial charge < -0.3 is 5.11 Å². The number of fused-ring (bicyclic) bond motifs is 2. The van der Waals surface area contributed by atoms with Crippen LogP contribution in [0, 0.1) is 0 Å². The lowest BCUT2D eigenvalue weighted by Gasteiger charge is -2.12. The molecule has 2 heterocycles. The van der Waals surface area contributed by atoms with Crippen molar-refractivity contribution in [3.05, 3.63) is 53.1 Å². The first-order chi connectivity index (χ1) is 12.1. The van der Waals surface area contributed by atoms with Crippen molar-refractivity contribution in [2.45, 2.75) is 43.4 Å². The Morgan fingerprint density at radius 1 is 1.04 bits per heavy atom. The zero-order chi connectivity index (χ0) is 17.8. The number of rotatable bonds is 0. The largest absolute Gasteiger partial charge is 0.506 e. The van der Waals surface area contributed by atoms with Gasteiger partial charge >= 0.3 is 0 Å². The normalized spacial score (nSPS) is 19.2. The van der Waals surface area contributed by atoms with Gasteiger partial charge in [-0.3, -0.25) is 14.6 Å². The van der Waals surface area contributed by atoms with Crippen LogP contribution < -0.4 is 0 Å². The maximum Gasteiger partial charge on any atom is 0.195 e. The molecule has 5 nitrogen and oxygen atoms in total. The van der Waals surface area contributed by atoms with Gasteiger partial charge in [0.25, 0.3) is 0 Å². The molecule has 130 valence electrons. The molecule has 0 radical (unpaired) electrons. The Morgan fingerprint density at radius 2 is 1.84 bits per heavy atom. The number of carbonyl (C=O) groups is 2. The summed E-state index contributed by atoms with van der Waals surface area (Å²) >= 11 is 3.38. The van der Waals surface area contributed by atoms with Gasteiger partial charge in [-0.25, -0.2) is 4.98 Å². The SMILES string of the molecule is O=C1CCCc2cc(O)cnc21.O=C1c2ncccc2CCCC1Br. The summed E-state index contributed by atoms with van der Waals surface area (Å²) in [6.07, 6.45) is 8.25. The number of ketones is 2. The van der Waals surface area contributed by atoms with E-state index in [0.29, 0.717) is 17.8 Å². The monoisotopic (exact) mass is 402 g/mol. The summed E-state index contributed by atoms with van der Waals surface area (Å²) in [7, 11) is 0. The van der Waals surface area contributed by atoms with E-state index in [1.807, 2.05) is 12.1 Å². The maximum absolute atomic E-state index is 11.7. The van der Waals surface area contributed by atoms with Crippen molar-refractivity contribution in [1.82, 2.24) is 9.97 Å². The minimum absolute atomic E-state index is 0.0383. The number of hydrogen-bond donors (Lipinski definition) is 1. The second-order valence-corrected chi connectivity index (χ2v) is 7.32. The molecular weight excluding hydrogens is 384 g/mol. The van der Waals surface area contributed by atoms with Crippen LogP contribution in [-0.2, 0) is 12.8 Å². The molecule has 0 fully saturated rings. The summed E-state index contributed by atoms with van der Waals surface area (Å²) in [6, 6.07) is 5.51. The Labute approximate surface area is 154 Å². The highest BCUT2D eigenvalue weighted by Crippen LogP contribution is 2.23. The van der Waals surface area contributed by atoms with Crippen LogP contribution in [0.25, 0.3) is 0 Å². The zero-order valence-electron chi connectivity index (χ0n) is 13.7. The molecule has 1 atom stereocenters. The van der Waals surface area contributed by atoms with Crippen LogP contribution in [0.2, 0.25) is 0 Å². The highest BCUT2D eigenvalue weighted by molar-refractivity contribution is 9.10. The van der Waals surface area contributed by atoms with Crippen LogP contribution in [0.15, 0.2) is 30.6 Å². The Kier molecular flexibility index (Phi) is 5.58. The molecule has 2 aromatic heterocycles. The number of aromatic hydroxyl groups is 1. The maximum atomic E-state index is 11.7. The molecule has 2 aromatic rings. The van der Waals surface area contributed by atoms with Crippen molar-refractivity contribution in [2.75, 3.05) is 0 Å². The molecular formula is C19H19BrN2O3. The van der Waals surface area contributed by atoms with Gasteiger partial charge in [0.05, 0.1) is 11.0 Å². The van der Waals surface area contributed by atoms with Gasteiger partial charge in [-0.1, -0.05) is 22.0 Å². The fourth-order valence-corrected chi connectivity index (χ4v) is 3.65. The fraction of sp³-hybridized carbons (Fsp3) is 0.368. The Morgan fingerprint density at radius 3 is 2.68 bits per heavy atom. The molecule has 6 heteroatoms. The molecule has 0 saturated heterocycles. The van der Waals surface area contributed by atoms with Crippen LogP contribution in [0.5, 0.6) is 5.75 Å². The lowest BCUT2D eigenvalue weighted by molar-refractivity contribution is 0.0964. The number of nitrogens with zero attached hydrogens (tertiary/aromatic N) is 2. The number of pyridine rings is 2. The third-order valence-electron chi connectivity index (χ3n) is 4.38. The molecule has 4 rings (SSSR count). The van der Waals surface area contributed by atoms with E-state index >= 15 is 0 Å². The third kappa shape index (κ3) is 4.12. The molecule has 2 aliphatic carbocycles. The van der Waals surface area contributed by atoms with Gasteiger partial charge in [0.15, 0.2) is 11.6 Å². The molecule has 0 bridgehead atoms. The van der Waals surface area contributed by atoms with Crippen molar-refractivity contribution >= 4 is 27.5 Å². The summed E-state index contributed by atoms with van der Waals surface area (Å²) in [5.74, 6) is 0.368. The van der Waals surface area contributed by atoms with Crippen molar-refractivity contribution < 1.29 is 14.7 Å². The quantitative estimate of drug-likeness (QED) is 0.536. The lowest BCUT2D eigenvalue weighted by Crippen LogP contribution is -2.14. The molecule has 0 aromatic carbocycles. The smallest absolute Gasteiger partial charge is 0.195 e. The summed E-state index contributed by atoms with van der Waals surface area (Å²) in [6.45, 7) is 0. The van der Waals surface area contributed by atoms with Gasteiger partial charge in [0, 0.05) is 12.6 Å². The average molecular weight is 403 g/mol. The summed E-state index contributed by atoms with van der Waals surface area (Å²) < 4.78 is 0. The second-order valence-electron chi connectivity index (χ2n) is 6.21. The lowest BCUT2D eigenvalue weighted by atomic mass is 9.95. The topological polar surface area (TPSA) is 80.1 Å². The van der Waals surface area contributed by atoms with Crippen LogP contribution in [0.4, 0.5) is 0 Å². The molecule has 0 amide bonds. The predicted molar refractivity (Wildman–Crippen MR) is 97.4 cm³/mol. The second kappa shape index (κ2) is 7.87. The summed E-state index contributed by atoms with van der Waals surface area (Å²) in [5.41, 5.74) is 3.17. The highest BCUT2D eigenvalue weighted by atomic mass is 79.9. The van der Waals surface area contributed by atoms with Crippen LogP contribution in [0.1, 0.15) is 57.8 Å². The minimum atomic E-state index is -0.0383. The van der Waals surface area contributed by atoms with Crippen LogP contribution in [-0.4, -0.2) is 31.5 Å². The van der Waals surface area contributed by atoms with E-state index in [4.69, 9.17) is 5.11 Å². The number of halogens is 1. The standard InChI is InChI=1S/C10H10BrNO.C9H9NO2/c11-8-5-1-3-7-4-2-6-12-9(7)10(8)13;11-7-4-6-2-1-3-8(12)9(6)10-5-7/h2,4,6,8H,1,3,5H2;4-5,11H,1-3H2. The van der Waals surface area contributed by atoms with E-state index in [2.05, 4.69) is 25.9 Å². The number of aryl methyl sites for hydroxylation is 2. The molecule has 1 N–H and O–H groups in total. The molecule has 25 heavy (non-hydrogen) atoms. The molecule has 0 saturated carbocycles. The Hall–Kier alpha value is -2.08. The first kappa shape index (κ1) is 17.7. The van der Waals surface area contributed by atoms with Gasteiger partial charge in [-0.05, 0) is 55.4 Å². The van der Waals surface area contributed by atoms with E-state index in [1.165, 1.54) is 6.20 Å². The number of Topliss-reactive ketones (excluding diaryl/α,β-unsaturated/α-hetero) is 2. The fourth-order valence-electron chi connectivity index (χ4n) is 3.11. The Balaban J connectivity index is 0.000000146. The minimum Gasteiger partial charge on any atom is -0.506 e. The van der Waals surface area contributed by atoms with Crippen molar-refractivity contribution in [3.8, 4) is 5.75 Å². The Bertz CT molecular complexity index is 807. The number of aromatic nitrogens is 2. The van der Waals surface area contributed by atoms with E-state index in [0.717, 1.165) is 43.2 Å². The van der Waals surface area contributed by atoms with Gasteiger partial charge in [-0.2, -0.15) is 0 Å². The molecule has 1 unspecified atom stereocenters. The first-order valence-corrected chi connectivity index (χ1v) is 9.31. The number of alkyl halides is 1. The van der Waals surface area contributed by atoms with E-state index in [9.17, 15) is 9.59 Å². The summed E-state index contributed by atoms with van der Waals surface area (Å²) in [4.78, 5) is 31.0. The van der Waals surface area contributed by atoms with Crippen molar-refractivity contribution in [1.29, 1.82) is 0 Å². The molecule has 2 aliphatic rings. The third-order valence-corrected chi connectivity index (χ3v) is 5.25.